The molecule has 4 aromatic rings. The van der Waals surface area contributed by atoms with Crippen molar-refractivity contribution in [3.8, 4) is 5.88 Å². The van der Waals surface area contributed by atoms with Crippen LogP contribution in [0, 0.1) is 0 Å². The van der Waals surface area contributed by atoms with Gasteiger partial charge in [0.15, 0.2) is 0 Å². The lowest BCUT2D eigenvalue weighted by molar-refractivity contribution is 0.222. The number of piperazine rings is 1. The molecule has 30 heavy (non-hydrogen) atoms. The molecule has 0 spiro atoms. The van der Waals surface area contributed by atoms with Crippen LogP contribution in [-0.4, -0.2) is 59.2 Å². The van der Waals surface area contributed by atoms with Gasteiger partial charge in [0.2, 0.25) is 5.88 Å². The molecule has 1 N–H and O–H groups in total. The average molecular weight is 424 g/mol. The number of halogens is 1. The van der Waals surface area contributed by atoms with E-state index in [0.29, 0.717) is 12.5 Å². The Bertz CT molecular complexity index is 1090. The van der Waals surface area contributed by atoms with E-state index in [-0.39, 0.29) is 12.4 Å². The Balaban J connectivity index is 0.00000218. The smallest absolute Gasteiger partial charge is 0.241 e. The van der Waals surface area contributed by atoms with Crippen molar-refractivity contribution < 1.29 is 4.74 Å². The summed E-state index contributed by atoms with van der Waals surface area (Å²) in [6, 6.07) is 18.8. The maximum absolute atomic E-state index is 6.01. The molecule has 1 fully saturated rings. The minimum absolute atomic E-state index is 0. The highest BCUT2D eigenvalue weighted by molar-refractivity contribution is 6.06. The van der Waals surface area contributed by atoms with Gasteiger partial charge in [-0.1, -0.05) is 36.4 Å². The van der Waals surface area contributed by atoms with Crippen molar-refractivity contribution in [3.05, 3.63) is 60.9 Å². The molecule has 0 aliphatic carbocycles. The Hall–Kier alpha value is -2.83. The molecule has 1 aliphatic rings. The van der Waals surface area contributed by atoms with Crippen LogP contribution in [0.4, 0.5) is 5.69 Å². The van der Waals surface area contributed by atoms with E-state index in [0.717, 1.165) is 61.1 Å². The molecular formula is C23H26ClN5O. The quantitative estimate of drug-likeness (QED) is 0.473. The number of nitrogens with zero attached hydrogens (tertiary/aromatic N) is 4. The van der Waals surface area contributed by atoms with E-state index in [4.69, 9.17) is 4.74 Å². The fourth-order valence-corrected chi connectivity index (χ4v) is 4.05. The average Bonchev–Trinajstić information content (AvgIpc) is 3.17. The maximum atomic E-state index is 6.01. The van der Waals surface area contributed by atoms with Crippen molar-refractivity contribution in [2.75, 3.05) is 44.2 Å². The van der Waals surface area contributed by atoms with Crippen LogP contribution in [0.5, 0.6) is 5.88 Å². The zero-order valence-corrected chi connectivity index (χ0v) is 17.6. The van der Waals surface area contributed by atoms with Crippen molar-refractivity contribution in [2.45, 2.75) is 6.42 Å². The molecular weight excluding hydrogens is 398 g/mol. The third kappa shape index (κ3) is 4.20. The minimum Gasteiger partial charge on any atom is -0.476 e. The number of aromatic nitrogens is 3. The number of benzene rings is 2. The molecule has 2 aromatic carbocycles. The summed E-state index contributed by atoms with van der Waals surface area (Å²) in [5.41, 5.74) is 4.18. The molecule has 2 aromatic heterocycles. The zero-order chi connectivity index (χ0) is 19.5. The first-order valence-corrected chi connectivity index (χ1v) is 10.2. The van der Waals surface area contributed by atoms with Gasteiger partial charge in [0.1, 0.15) is 17.4 Å². The third-order valence-corrected chi connectivity index (χ3v) is 5.61. The summed E-state index contributed by atoms with van der Waals surface area (Å²) >= 11 is 0. The molecule has 0 saturated carbocycles. The summed E-state index contributed by atoms with van der Waals surface area (Å²) in [4.78, 5) is 17.1. The van der Waals surface area contributed by atoms with Crippen LogP contribution in [0.3, 0.4) is 0 Å². The summed E-state index contributed by atoms with van der Waals surface area (Å²) in [5, 5.41) is 1.10. The van der Waals surface area contributed by atoms with Crippen molar-refractivity contribution >= 4 is 40.0 Å². The molecule has 0 bridgehead atoms. The van der Waals surface area contributed by atoms with Crippen LogP contribution in [0.1, 0.15) is 6.42 Å². The molecule has 5 rings (SSSR count). The van der Waals surface area contributed by atoms with Crippen LogP contribution >= 0.6 is 12.4 Å². The van der Waals surface area contributed by atoms with Gasteiger partial charge in [-0.15, -0.1) is 12.4 Å². The second-order valence-corrected chi connectivity index (χ2v) is 7.44. The third-order valence-electron chi connectivity index (χ3n) is 5.61. The van der Waals surface area contributed by atoms with Crippen molar-refractivity contribution in [1.82, 2.24) is 19.9 Å². The number of fused-ring (bicyclic) bond motifs is 3. The number of nitrogens with one attached hydrogen (secondary N) is 1. The standard InChI is InChI=1S/C23H25N5O.ClH/c1-2-7-18(8-3-1)28-14-12-27(13-15-28)11-6-16-29-23-22-21(24-17-25-23)19-9-4-5-10-20(19)26-22;/h1-5,7-10,17,26H,6,11-16H2;1H. The number of para-hydroxylation sites is 2. The number of anilines is 1. The van der Waals surface area contributed by atoms with E-state index in [2.05, 4.69) is 67.2 Å². The van der Waals surface area contributed by atoms with E-state index in [9.17, 15) is 0 Å². The molecule has 1 saturated heterocycles. The molecule has 3 heterocycles. The SMILES string of the molecule is Cl.c1ccc(N2CCN(CCCOc3ncnc4c3[nH]c3ccccc34)CC2)cc1. The van der Waals surface area contributed by atoms with Gasteiger partial charge < -0.3 is 14.6 Å². The topological polar surface area (TPSA) is 57.3 Å². The van der Waals surface area contributed by atoms with Gasteiger partial charge >= 0.3 is 0 Å². The Kier molecular flexibility index (Phi) is 6.35. The minimum atomic E-state index is 0. The van der Waals surface area contributed by atoms with E-state index in [1.54, 1.807) is 6.33 Å². The van der Waals surface area contributed by atoms with Gasteiger partial charge in [0.05, 0.1) is 6.61 Å². The van der Waals surface area contributed by atoms with Gasteiger partial charge in [0, 0.05) is 49.3 Å². The van der Waals surface area contributed by atoms with Crippen molar-refractivity contribution in [2.24, 2.45) is 0 Å². The lowest BCUT2D eigenvalue weighted by atomic mass is 10.2. The van der Waals surface area contributed by atoms with Crippen molar-refractivity contribution in [1.29, 1.82) is 0 Å². The summed E-state index contributed by atoms with van der Waals surface area (Å²) < 4.78 is 6.01. The van der Waals surface area contributed by atoms with Crippen LogP contribution < -0.4 is 9.64 Å². The molecule has 7 heteroatoms. The summed E-state index contributed by atoms with van der Waals surface area (Å²) in [5.74, 6) is 0.639. The number of hydrogen-bond acceptors (Lipinski definition) is 5. The fraction of sp³-hybridized carbons (Fsp3) is 0.304. The van der Waals surface area contributed by atoms with Crippen molar-refractivity contribution in [3.63, 3.8) is 0 Å². The normalized spacial score (nSPS) is 14.7. The molecule has 1 aliphatic heterocycles. The zero-order valence-electron chi connectivity index (χ0n) is 16.8. The lowest BCUT2D eigenvalue weighted by Crippen LogP contribution is -2.46. The number of aromatic amines is 1. The highest BCUT2D eigenvalue weighted by Crippen LogP contribution is 2.28. The maximum Gasteiger partial charge on any atom is 0.241 e. The van der Waals surface area contributed by atoms with Gasteiger partial charge in [-0.2, -0.15) is 4.98 Å². The van der Waals surface area contributed by atoms with Gasteiger partial charge in [-0.3, -0.25) is 4.90 Å². The van der Waals surface area contributed by atoms with Gasteiger partial charge in [-0.25, -0.2) is 4.98 Å². The van der Waals surface area contributed by atoms with E-state index >= 15 is 0 Å². The Labute approximate surface area is 182 Å². The molecule has 156 valence electrons. The first-order chi connectivity index (χ1) is 14.4. The fourth-order valence-electron chi connectivity index (χ4n) is 4.05. The van der Waals surface area contributed by atoms with E-state index in [1.165, 1.54) is 5.69 Å². The van der Waals surface area contributed by atoms with Gasteiger partial charge in [-0.05, 0) is 24.6 Å². The molecule has 6 nitrogen and oxygen atoms in total. The summed E-state index contributed by atoms with van der Waals surface area (Å²) in [6.45, 7) is 6.03. The Morgan fingerprint density at radius 2 is 1.67 bits per heavy atom. The Morgan fingerprint density at radius 1 is 0.900 bits per heavy atom. The number of ether oxygens (including phenoxy) is 1. The first-order valence-electron chi connectivity index (χ1n) is 10.2. The highest BCUT2D eigenvalue weighted by atomic mass is 35.5. The monoisotopic (exact) mass is 423 g/mol. The van der Waals surface area contributed by atoms with Crippen LogP contribution in [0.15, 0.2) is 60.9 Å². The second-order valence-electron chi connectivity index (χ2n) is 7.44. The molecule has 0 radical (unpaired) electrons. The van der Waals surface area contributed by atoms with Crippen LogP contribution in [0.25, 0.3) is 21.9 Å². The molecule has 0 unspecified atom stereocenters. The number of rotatable bonds is 6. The lowest BCUT2D eigenvalue weighted by Gasteiger charge is -2.36. The van der Waals surface area contributed by atoms with Crippen LogP contribution in [-0.2, 0) is 0 Å². The van der Waals surface area contributed by atoms with E-state index in [1.807, 2.05) is 12.1 Å². The molecule has 0 amide bonds. The second kappa shape index (κ2) is 9.32. The Morgan fingerprint density at radius 3 is 2.50 bits per heavy atom. The summed E-state index contributed by atoms with van der Waals surface area (Å²) in [7, 11) is 0. The summed E-state index contributed by atoms with van der Waals surface area (Å²) in [6.07, 6.45) is 2.57. The van der Waals surface area contributed by atoms with Gasteiger partial charge in [0.25, 0.3) is 0 Å². The largest absolute Gasteiger partial charge is 0.476 e. The molecule has 0 atom stereocenters. The van der Waals surface area contributed by atoms with E-state index < -0.39 is 0 Å². The van der Waals surface area contributed by atoms with Crippen LogP contribution in [0.2, 0.25) is 0 Å². The number of H-pyrrole nitrogens is 1. The number of hydrogen-bond donors (Lipinski definition) is 1. The first kappa shape index (κ1) is 20.4. The predicted octanol–water partition coefficient (Wildman–Crippen LogP) is 4.12. The predicted molar refractivity (Wildman–Crippen MR) is 124 cm³/mol. The highest BCUT2D eigenvalue weighted by Gasteiger charge is 2.17.